The molecular weight excluding hydrogens is 296 g/mol. The number of nitrogens with zero attached hydrogens (tertiary/aromatic N) is 2. The van der Waals surface area contributed by atoms with E-state index in [1.165, 1.54) is 0 Å². The predicted molar refractivity (Wildman–Crippen MR) is 76.0 cm³/mol. The van der Waals surface area contributed by atoms with Gasteiger partial charge in [0.1, 0.15) is 0 Å². The van der Waals surface area contributed by atoms with E-state index in [-0.39, 0.29) is 6.04 Å². The number of hydrogen-bond donors (Lipinski definition) is 2. The number of hydrazine groups is 1. The van der Waals surface area contributed by atoms with Crippen LogP contribution in [0.25, 0.3) is 0 Å². The van der Waals surface area contributed by atoms with Crippen molar-refractivity contribution in [1.29, 1.82) is 0 Å². The van der Waals surface area contributed by atoms with Crippen molar-refractivity contribution in [1.82, 2.24) is 15.2 Å². The zero-order chi connectivity index (χ0) is 13.8. The highest BCUT2D eigenvalue weighted by molar-refractivity contribution is 9.10. The standard InChI is InChI=1S/C12H23BrN4O/c1-5-7-17-10(9(13)8-15-17)11(16-14)12(3,4)18-6-2/h8,11,16H,5-7,14H2,1-4H3. The van der Waals surface area contributed by atoms with Crippen LogP contribution in [0, 0.1) is 0 Å². The van der Waals surface area contributed by atoms with Gasteiger partial charge in [-0.1, -0.05) is 6.92 Å². The second kappa shape index (κ2) is 6.65. The van der Waals surface area contributed by atoms with E-state index in [0.29, 0.717) is 6.61 Å². The van der Waals surface area contributed by atoms with E-state index < -0.39 is 5.60 Å². The molecule has 3 N–H and O–H groups in total. The number of aromatic nitrogens is 2. The third-order valence-electron chi connectivity index (χ3n) is 2.92. The Morgan fingerprint density at radius 1 is 1.56 bits per heavy atom. The molecule has 0 radical (unpaired) electrons. The molecule has 0 aliphatic rings. The molecule has 1 atom stereocenters. The Morgan fingerprint density at radius 3 is 2.72 bits per heavy atom. The highest BCUT2D eigenvalue weighted by Gasteiger charge is 2.34. The van der Waals surface area contributed by atoms with Crippen molar-refractivity contribution in [2.75, 3.05) is 6.61 Å². The summed E-state index contributed by atoms with van der Waals surface area (Å²) in [5.41, 5.74) is 3.47. The van der Waals surface area contributed by atoms with Gasteiger partial charge in [0.05, 0.1) is 28.0 Å². The normalized spacial score (nSPS) is 13.9. The van der Waals surface area contributed by atoms with Gasteiger partial charge in [-0.05, 0) is 43.1 Å². The summed E-state index contributed by atoms with van der Waals surface area (Å²) in [4.78, 5) is 0. The van der Waals surface area contributed by atoms with E-state index in [1.54, 1.807) is 6.20 Å². The Labute approximate surface area is 117 Å². The van der Waals surface area contributed by atoms with E-state index >= 15 is 0 Å². The van der Waals surface area contributed by atoms with Crippen molar-refractivity contribution < 1.29 is 4.74 Å². The third-order valence-corrected chi connectivity index (χ3v) is 3.53. The molecule has 5 nitrogen and oxygen atoms in total. The van der Waals surface area contributed by atoms with Crippen LogP contribution in [0.2, 0.25) is 0 Å². The molecule has 1 aromatic rings. The van der Waals surface area contributed by atoms with Crippen LogP contribution in [0.5, 0.6) is 0 Å². The van der Waals surface area contributed by atoms with Gasteiger partial charge in [0.25, 0.3) is 0 Å². The fraction of sp³-hybridized carbons (Fsp3) is 0.750. The minimum Gasteiger partial charge on any atom is -0.374 e. The van der Waals surface area contributed by atoms with Crippen LogP contribution in [0.1, 0.15) is 45.9 Å². The number of aryl methyl sites for hydroxylation is 1. The van der Waals surface area contributed by atoms with Crippen molar-refractivity contribution in [2.24, 2.45) is 5.84 Å². The summed E-state index contributed by atoms with van der Waals surface area (Å²) in [6, 6.07) is -0.124. The fourth-order valence-corrected chi connectivity index (χ4v) is 2.64. The Morgan fingerprint density at radius 2 is 2.22 bits per heavy atom. The first-order chi connectivity index (χ1) is 8.47. The second-order valence-corrected chi connectivity index (χ2v) is 5.59. The highest BCUT2D eigenvalue weighted by atomic mass is 79.9. The molecule has 0 aliphatic heterocycles. The number of nitrogens with two attached hydrogens (primary N) is 1. The summed E-state index contributed by atoms with van der Waals surface area (Å²) in [6.07, 6.45) is 2.82. The van der Waals surface area contributed by atoms with E-state index in [9.17, 15) is 0 Å². The molecule has 1 rings (SSSR count). The maximum Gasteiger partial charge on any atom is 0.0924 e. The Hall–Kier alpha value is -0.430. The quantitative estimate of drug-likeness (QED) is 0.598. The van der Waals surface area contributed by atoms with Crippen LogP contribution in [-0.2, 0) is 11.3 Å². The average molecular weight is 319 g/mol. The molecule has 0 bridgehead atoms. The van der Waals surface area contributed by atoms with Crippen molar-refractivity contribution in [2.45, 2.75) is 52.3 Å². The molecule has 1 heterocycles. The highest BCUT2D eigenvalue weighted by Crippen LogP contribution is 2.32. The summed E-state index contributed by atoms with van der Waals surface area (Å²) < 4.78 is 8.71. The first-order valence-electron chi connectivity index (χ1n) is 6.29. The van der Waals surface area contributed by atoms with E-state index in [4.69, 9.17) is 10.6 Å². The van der Waals surface area contributed by atoms with Gasteiger partial charge in [-0.2, -0.15) is 5.10 Å². The van der Waals surface area contributed by atoms with Crippen molar-refractivity contribution in [3.05, 3.63) is 16.4 Å². The first kappa shape index (κ1) is 15.6. The zero-order valence-electron chi connectivity index (χ0n) is 11.5. The fourth-order valence-electron chi connectivity index (χ4n) is 2.11. The molecule has 0 saturated carbocycles. The molecule has 0 fully saturated rings. The van der Waals surface area contributed by atoms with Gasteiger partial charge in [-0.3, -0.25) is 10.5 Å². The van der Waals surface area contributed by atoms with Crippen LogP contribution < -0.4 is 11.3 Å². The zero-order valence-corrected chi connectivity index (χ0v) is 13.1. The second-order valence-electron chi connectivity index (χ2n) is 4.74. The molecule has 1 unspecified atom stereocenters. The van der Waals surface area contributed by atoms with Crippen LogP contribution in [0.3, 0.4) is 0 Å². The monoisotopic (exact) mass is 318 g/mol. The Bertz CT molecular complexity index is 378. The van der Waals surface area contributed by atoms with Crippen molar-refractivity contribution in [3.63, 3.8) is 0 Å². The summed E-state index contributed by atoms with van der Waals surface area (Å²) in [5, 5.41) is 4.37. The lowest BCUT2D eigenvalue weighted by Crippen LogP contribution is -2.45. The molecule has 1 aromatic heterocycles. The molecule has 6 heteroatoms. The molecule has 0 aliphatic carbocycles. The number of rotatable bonds is 7. The summed E-state index contributed by atoms with van der Waals surface area (Å²) in [6.45, 7) is 9.66. The van der Waals surface area contributed by atoms with Gasteiger partial charge in [0.15, 0.2) is 0 Å². The first-order valence-corrected chi connectivity index (χ1v) is 7.08. The largest absolute Gasteiger partial charge is 0.374 e. The van der Waals surface area contributed by atoms with Crippen LogP contribution >= 0.6 is 15.9 Å². The number of halogens is 1. The number of nitrogens with one attached hydrogen (secondary N) is 1. The smallest absolute Gasteiger partial charge is 0.0924 e. The van der Waals surface area contributed by atoms with Gasteiger partial charge >= 0.3 is 0 Å². The lowest BCUT2D eigenvalue weighted by molar-refractivity contribution is -0.0414. The molecule has 0 amide bonds. The van der Waals surface area contributed by atoms with Crippen molar-refractivity contribution in [3.8, 4) is 0 Å². The lowest BCUT2D eigenvalue weighted by Gasteiger charge is -2.34. The van der Waals surface area contributed by atoms with Crippen molar-refractivity contribution >= 4 is 15.9 Å². The minimum atomic E-state index is -0.405. The SMILES string of the molecule is CCCn1ncc(Br)c1C(NN)C(C)(C)OCC. The topological polar surface area (TPSA) is 65.1 Å². The molecule has 104 valence electrons. The van der Waals surface area contributed by atoms with Gasteiger partial charge in [0.2, 0.25) is 0 Å². The van der Waals surface area contributed by atoms with Crippen LogP contribution in [0.4, 0.5) is 0 Å². The maximum atomic E-state index is 5.79. The van der Waals surface area contributed by atoms with Gasteiger partial charge in [-0.25, -0.2) is 5.43 Å². The maximum absolute atomic E-state index is 5.79. The van der Waals surface area contributed by atoms with E-state index in [1.807, 2.05) is 25.5 Å². The molecule has 0 saturated heterocycles. The molecule has 0 aromatic carbocycles. The Kier molecular flexibility index (Phi) is 5.78. The van der Waals surface area contributed by atoms with E-state index in [0.717, 1.165) is 23.1 Å². The molecule has 18 heavy (non-hydrogen) atoms. The van der Waals surface area contributed by atoms with Crippen LogP contribution in [-0.4, -0.2) is 22.0 Å². The summed E-state index contributed by atoms with van der Waals surface area (Å²) in [5.74, 6) is 5.72. The average Bonchev–Trinajstić information content (AvgIpc) is 2.63. The minimum absolute atomic E-state index is 0.124. The molecule has 0 spiro atoms. The number of ether oxygens (including phenoxy) is 1. The van der Waals surface area contributed by atoms with Gasteiger partial charge in [0, 0.05) is 13.2 Å². The summed E-state index contributed by atoms with van der Waals surface area (Å²) >= 11 is 3.54. The van der Waals surface area contributed by atoms with Gasteiger partial charge in [-0.15, -0.1) is 0 Å². The summed E-state index contributed by atoms with van der Waals surface area (Å²) in [7, 11) is 0. The third kappa shape index (κ3) is 3.32. The number of hydrogen-bond acceptors (Lipinski definition) is 4. The molecular formula is C12H23BrN4O. The predicted octanol–water partition coefficient (Wildman–Crippen LogP) is 2.38. The van der Waals surface area contributed by atoms with Crippen LogP contribution in [0.15, 0.2) is 10.7 Å². The lowest BCUT2D eigenvalue weighted by atomic mass is 9.96. The van der Waals surface area contributed by atoms with Gasteiger partial charge < -0.3 is 4.74 Å². The Balaban J connectivity index is 3.11. The van der Waals surface area contributed by atoms with E-state index in [2.05, 4.69) is 33.4 Å².